The van der Waals surface area contributed by atoms with Crippen molar-refractivity contribution < 1.29 is 10.0 Å². The lowest BCUT2D eigenvalue weighted by molar-refractivity contribution is -0.384. The zero-order chi connectivity index (χ0) is 17.1. The predicted molar refractivity (Wildman–Crippen MR) is 88.0 cm³/mol. The van der Waals surface area contributed by atoms with Gasteiger partial charge in [0.1, 0.15) is 5.75 Å². The van der Waals surface area contributed by atoms with Crippen molar-refractivity contribution in [3.63, 3.8) is 0 Å². The Morgan fingerprint density at radius 3 is 2.79 bits per heavy atom. The molecule has 0 radical (unpaired) electrons. The number of aromatic hydroxyl groups is 1. The van der Waals surface area contributed by atoms with Gasteiger partial charge in [0, 0.05) is 30.1 Å². The lowest BCUT2D eigenvalue weighted by Crippen LogP contribution is -2.00. The van der Waals surface area contributed by atoms with Crippen molar-refractivity contribution in [2.24, 2.45) is 0 Å². The normalized spacial score (nSPS) is 10.4. The van der Waals surface area contributed by atoms with Crippen LogP contribution in [0.25, 0.3) is 11.3 Å². The number of aromatic nitrogens is 3. The molecule has 24 heavy (non-hydrogen) atoms. The first-order valence-corrected chi connectivity index (χ1v) is 7.02. The number of anilines is 2. The van der Waals surface area contributed by atoms with Crippen LogP contribution in [0.5, 0.6) is 5.75 Å². The summed E-state index contributed by atoms with van der Waals surface area (Å²) < 4.78 is 0. The van der Waals surface area contributed by atoms with Crippen molar-refractivity contribution in [3.05, 3.63) is 64.6 Å². The summed E-state index contributed by atoms with van der Waals surface area (Å²) in [5, 5.41) is 23.4. The fourth-order valence-electron chi connectivity index (χ4n) is 2.13. The fourth-order valence-corrected chi connectivity index (χ4v) is 2.13. The summed E-state index contributed by atoms with van der Waals surface area (Å²) in [4.78, 5) is 22.8. The number of pyridine rings is 1. The van der Waals surface area contributed by atoms with Gasteiger partial charge in [-0.15, -0.1) is 0 Å². The monoisotopic (exact) mass is 323 g/mol. The van der Waals surface area contributed by atoms with Gasteiger partial charge in [-0.1, -0.05) is 6.07 Å². The number of aryl methyl sites for hydroxylation is 1. The number of nitro benzene ring substituents is 1. The Kier molecular flexibility index (Phi) is 4.02. The molecule has 8 heteroatoms. The number of hydrogen-bond donors (Lipinski definition) is 2. The van der Waals surface area contributed by atoms with E-state index in [2.05, 4.69) is 20.3 Å². The highest BCUT2D eigenvalue weighted by Gasteiger charge is 2.10. The van der Waals surface area contributed by atoms with Crippen LogP contribution < -0.4 is 5.32 Å². The van der Waals surface area contributed by atoms with Crippen LogP contribution in [0.15, 0.2) is 48.9 Å². The van der Waals surface area contributed by atoms with E-state index in [1.54, 1.807) is 24.5 Å². The van der Waals surface area contributed by atoms with E-state index >= 15 is 0 Å². The molecule has 3 aromatic rings. The summed E-state index contributed by atoms with van der Waals surface area (Å²) in [6.45, 7) is 1.83. The Hall–Kier alpha value is -3.55. The third-order valence-electron chi connectivity index (χ3n) is 3.35. The van der Waals surface area contributed by atoms with E-state index in [9.17, 15) is 15.2 Å². The Labute approximate surface area is 137 Å². The number of hydrogen-bond acceptors (Lipinski definition) is 7. The minimum atomic E-state index is -0.458. The lowest BCUT2D eigenvalue weighted by Gasteiger charge is -2.09. The zero-order valence-corrected chi connectivity index (χ0v) is 12.7. The first-order chi connectivity index (χ1) is 11.5. The number of non-ortho nitro benzene ring substituents is 1. The van der Waals surface area contributed by atoms with Crippen LogP contribution >= 0.6 is 0 Å². The van der Waals surface area contributed by atoms with Gasteiger partial charge in [-0.25, -0.2) is 9.97 Å². The molecule has 0 saturated heterocycles. The summed E-state index contributed by atoms with van der Waals surface area (Å²) in [6, 6.07) is 7.75. The smallest absolute Gasteiger partial charge is 0.271 e. The third-order valence-corrected chi connectivity index (χ3v) is 3.35. The van der Waals surface area contributed by atoms with Crippen molar-refractivity contribution in [3.8, 4) is 17.0 Å². The first kappa shape index (κ1) is 15.3. The zero-order valence-electron chi connectivity index (χ0n) is 12.7. The number of nitrogens with zero attached hydrogens (tertiary/aromatic N) is 4. The van der Waals surface area contributed by atoms with Gasteiger partial charge in [0.25, 0.3) is 5.69 Å². The van der Waals surface area contributed by atoms with E-state index in [-0.39, 0.29) is 11.4 Å². The van der Waals surface area contributed by atoms with Crippen LogP contribution in [0.2, 0.25) is 0 Å². The van der Waals surface area contributed by atoms with Gasteiger partial charge in [-0.05, 0) is 24.6 Å². The highest BCUT2D eigenvalue weighted by molar-refractivity contribution is 5.65. The molecule has 2 heterocycles. The third kappa shape index (κ3) is 3.27. The average molecular weight is 323 g/mol. The van der Waals surface area contributed by atoms with Crippen molar-refractivity contribution in [1.82, 2.24) is 15.0 Å². The second-order valence-electron chi connectivity index (χ2n) is 5.08. The van der Waals surface area contributed by atoms with E-state index in [0.29, 0.717) is 22.9 Å². The summed E-state index contributed by atoms with van der Waals surface area (Å²) in [7, 11) is 0. The van der Waals surface area contributed by atoms with Crippen LogP contribution in [0.4, 0.5) is 17.3 Å². The summed E-state index contributed by atoms with van der Waals surface area (Å²) in [5.74, 6) is 0.328. The molecule has 3 rings (SSSR count). The van der Waals surface area contributed by atoms with Crippen molar-refractivity contribution in [2.75, 3.05) is 5.32 Å². The maximum absolute atomic E-state index is 10.9. The number of nitro groups is 1. The molecular weight excluding hydrogens is 310 g/mol. The van der Waals surface area contributed by atoms with E-state index in [1.807, 2.05) is 6.92 Å². The molecule has 0 spiro atoms. The van der Waals surface area contributed by atoms with Gasteiger partial charge in [-0.3, -0.25) is 15.1 Å². The van der Waals surface area contributed by atoms with E-state index in [1.165, 1.54) is 24.4 Å². The van der Waals surface area contributed by atoms with Gasteiger partial charge < -0.3 is 10.4 Å². The SMILES string of the molecule is Cc1ccc([N+](=O)[O-])cc1Nc1nccc(-c2cncc(O)c2)n1. The van der Waals surface area contributed by atoms with Gasteiger partial charge >= 0.3 is 0 Å². The standard InChI is InChI=1S/C16H13N5O3/c1-10-2-3-12(21(23)24)7-15(10)20-16-18-5-4-14(19-16)11-6-13(22)9-17-8-11/h2-9,22H,1H3,(H,18,19,20). The average Bonchev–Trinajstić information content (AvgIpc) is 2.57. The van der Waals surface area contributed by atoms with Gasteiger partial charge in [0.05, 0.1) is 22.5 Å². The molecule has 0 amide bonds. The molecule has 0 saturated carbocycles. The largest absolute Gasteiger partial charge is 0.506 e. The summed E-state index contributed by atoms with van der Waals surface area (Å²) >= 11 is 0. The minimum absolute atomic E-state index is 0.0172. The first-order valence-electron chi connectivity index (χ1n) is 7.02. The molecule has 2 aromatic heterocycles. The molecule has 0 bridgehead atoms. The molecule has 1 aromatic carbocycles. The molecule has 0 atom stereocenters. The Balaban J connectivity index is 1.93. The number of rotatable bonds is 4. The second-order valence-corrected chi connectivity index (χ2v) is 5.08. The highest BCUT2D eigenvalue weighted by Crippen LogP contribution is 2.25. The Morgan fingerprint density at radius 2 is 2.04 bits per heavy atom. The molecular formula is C16H13N5O3. The van der Waals surface area contributed by atoms with Gasteiger partial charge in [0.15, 0.2) is 0 Å². The predicted octanol–water partition coefficient (Wildman–Crippen LogP) is 3.20. The molecule has 120 valence electrons. The summed E-state index contributed by atoms with van der Waals surface area (Å²) in [5.41, 5.74) is 2.57. The Bertz CT molecular complexity index is 914. The van der Waals surface area contributed by atoms with Gasteiger partial charge in [0.2, 0.25) is 5.95 Å². The Morgan fingerprint density at radius 1 is 1.21 bits per heavy atom. The van der Waals surface area contributed by atoms with E-state index in [4.69, 9.17) is 0 Å². The van der Waals surface area contributed by atoms with Gasteiger partial charge in [-0.2, -0.15) is 0 Å². The van der Waals surface area contributed by atoms with E-state index in [0.717, 1.165) is 5.56 Å². The molecule has 0 fully saturated rings. The van der Waals surface area contributed by atoms with Crippen molar-refractivity contribution in [1.29, 1.82) is 0 Å². The quantitative estimate of drug-likeness (QED) is 0.559. The second kappa shape index (κ2) is 6.29. The number of benzene rings is 1. The summed E-state index contributed by atoms with van der Waals surface area (Å²) in [6.07, 6.45) is 4.46. The van der Waals surface area contributed by atoms with Crippen LogP contribution in [0.3, 0.4) is 0 Å². The topological polar surface area (TPSA) is 114 Å². The van der Waals surface area contributed by atoms with Crippen LogP contribution in [-0.4, -0.2) is 25.0 Å². The molecule has 0 aliphatic rings. The van der Waals surface area contributed by atoms with Crippen molar-refractivity contribution in [2.45, 2.75) is 6.92 Å². The minimum Gasteiger partial charge on any atom is -0.506 e. The molecule has 0 unspecified atom stereocenters. The number of nitrogens with one attached hydrogen (secondary N) is 1. The molecule has 8 nitrogen and oxygen atoms in total. The van der Waals surface area contributed by atoms with E-state index < -0.39 is 4.92 Å². The van der Waals surface area contributed by atoms with Crippen molar-refractivity contribution >= 4 is 17.3 Å². The lowest BCUT2D eigenvalue weighted by atomic mass is 10.2. The molecule has 0 aliphatic heterocycles. The molecule has 0 aliphatic carbocycles. The maximum atomic E-state index is 10.9. The highest BCUT2D eigenvalue weighted by atomic mass is 16.6. The van der Waals surface area contributed by atoms with Crippen LogP contribution in [-0.2, 0) is 0 Å². The fraction of sp³-hybridized carbons (Fsp3) is 0.0625. The maximum Gasteiger partial charge on any atom is 0.271 e. The molecule has 2 N–H and O–H groups in total. The van der Waals surface area contributed by atoms with Crippen LogP contribution in [0.1, 0.15) is 5.56 Å². The van der Waals surface area contributed by atoms with Crippen LogP contribution in [0, 0.1) is 17.0 Å².